The van der Waals surface area contributed by atoms with Crippen LogP contribution in [-0.4, -0.2) is 65.6 Å². The Balaban J connectivity index is 1.48. The summed E-state index contributed by atoms with van der Waals surface area (Å²) in [5, 5.41) is 3.25. The highest BCUT2D eigenvalue weighted by molar-refractivity contribution is 7.17. The van der Waals surface area contributed by atoms with Gasteiger partial charge in [-0.3, -0.25) is 19.7 Å². The number of carbonyl (C=O) groups is 3. The number of aryl methyl sites for hydroxylation is 1. The van der Waals surface area contributed by atoms with E-state index in [1.54, 1.807) is 6.07 Å². The Labute approximate surface area is 186 Å². The monoisotopic (exact) mass is 440 g/mol. The zero-order valence-corrected chi connectivity index (χ0v) is 19.1. The first-order valence-corrected chi connectivity index (χ1v) is 11.5. The molecule has 2 aliphatic rings. The molecule has 1 atom stereocenters. The molecule has 1 aliphatic heterocycles. The van der Waals surface area contributed by atoms with E-state index in [2.05, 4.69) is 22.2 Å². The molecule has 7 nitrogen and oxygen atoms in total. The van der Waals surface area contributed by atoms with E-state index in [1.807, 2.05) is 30.9 Å². The summed E-state index contributed by atoms with van der Waals surface area (Å²) in [5.74, 6) is -0.617. The highest BCUT2D eigenvalue weighted by atomic mass is 32.1. The molecule has 31 heavy (non-hydrogen) atoms. The lowest BCUT2D eigenvalue weighted by atomic mass is 9.89. The van der Waals surface area contributed by atoms with E-state index in [0.717, 1.165) is 37.2 Å². The number of hydrogen-bond donors (Lipinski definition) is 1. The van der Waals surface area contributed by atoms with Gasteiger partial charge in [0.1, 0.15) is 0 Å². The van der Waals surface area contributed by atoms with Crippen molar-refractivity contribution in [3.8, 4) is 0 Å². The molecule has 1 aromatic carbocycles. The standard InChI is InChI=1S/C23H28N4O3S/c1-14-6-4-7-17(15(14)2)21(29)25-23-24-18-12-16(13-19(28)20(18)31-23)22(30)27-9-5-8-26(3)10-11-27/h4,6-7,16H,5,8-13H2,1-3H3,(H,24,25,29)/t16-/m1/s1. The minimum absolute atomic E-state index is 0.0447. The largest absolute Gasteiger partial charge is 0.341 e. The van der Waals surface area contributed by atoms with Crippen molar-refractivity contribution in [2.75, 3.05) is 38.5 Å². The quantitative estimate of drug-likeness (QED) is 0.794. The number of anilines is 1. The average Bonchev–Trinajstić information content (AvgIpc) is 3.02. The molecular weight excluding hydrogens is 412 g/mol. The molecule has 0 saturated carbocycles. The van der Waals surface area contributed by atoms with Gasteiger partial charge in [-0.05, 0) is 51.1 Å². The van der Waals surface area contributed by atoms with Crippen LogP contribution in [0.4, 0.5) is 5.13 Å². The van der Waals surface area contributed by atoms with Crippen molar-refractivity contribution in [3.63, 3.8) is 0 Å². The van der Waals surface area contributed by atoms with Crippen LogP contribution in [0.2, 0.25) is 0 Å². The third-order valence-corrected chi connectivity index (χ3v) is 7.33. The topological polar surface area (TPSA) is 82.6 Å². The number of amides is 2. The van der Waals surface area contributed by atoms with Gasteiger partial charge in [-0.25, -0.2) is 4.98 Å². The Bertz CT molecular complexity index is 1030. The molecule has 164 valence electrons. The Morgan fingerprint density at radius 3 is 2.74 bits per heavy atom. The highest BCUT2D eigenvalue weighted by Gasteiger charge is 2.35. The first-order chi connectivity index (χ1) is 14.8. The second-order valence-corrected chi connectivity index (χ2v) is 9.51. The van der Waals surface area contributed by atoms with E-state index >= 15 is 0 Å². The van der Waals surface area contributed by atoms with Gasteiger partial charge < -0.3 is 9.80 Å². The van der Waals surface area contributed by atoms with Crippen LogP contribution in [0.5, 0.6) is 0 Å². The molecule has 1 saturated heterocycles. The summed E-state index contributed by atoms with van der Waals surface area (Å²) in [6.45, 7) is 7.13. The second kappa shape index (κ2) is 8.88. The van der Waals surface area contributed by atoms with E-state index in [0.29, 0.717) is 34.2 Å². The molecule has 0 unspecified atom stereocenters. The first-order valence-electron chi connectivity index (χ1n) is 10.7. The number of hydrogen-bond acceptors (Lipinski definition) is 6. The minimum Gasteiger partial charge on any atom is -0.341 e. The van der Waals surface area contributed by atoms with Crippen LogP contribution in [-0.2, 0) is 11.2 Å². The van der Waals surface area contributed by atoms with Gasteiger partial charge in [0.2, 0.25) is 5.91 Å². The molecule has 0 radical (unpaired) electrons. The minimum atomic E-state index is -0.368. The number of ketones is 1. The van der Waals surface area contributed by atoms with Crippen molar-refractivity contribution < 1.29 is 14.4 Å². The summed E-state index contributed by atoms with van der Waals surface area (Å²) in [5.41, 5.74) is 3.19. The number of nitrogens with one attached hydrogen (secondary N) is 1. The lowest BCUT2D eigenvalue weighted by Gasteiger charge is -2.27. The van der Waals surface area contributed by atoms with Gasteiger partial charge in [0.05, 0.1) is 16.5 Å². The molecular formula is C23H28N4O3S. The van der Waals surface area contributed by atoms with Crippen LogP contribution in [0.25, 0.3) is 0 Å². The summed E-state index contributed by atoms with van der Waals surface area (Å²) in [6.07, 6.45) is 1.60. The smallest absolute Gasteiger partial charge is 0.257 e. The Morgan fingerprint density at radius 1 is 1.13 bits per heavy atom. The number of likely N-dealkylation sites (N-methyl/N-ethyl adjacent to an activating group) is 1. The summed E-state index contributed by atoms with van der Waals surface area (Å²) in [6, 6.07) is 5.60. The number of aromatic nitrogens is 1. The summed E-state index contributed by atoms with van der Waals surface area (Å²) in [4.78, 5) is 47.7. The highest BCUT2D eigenvalue weighted by Crippen LogP contribution is 2.33. The van der Waals surface area contributed by atoms with Crippen LogP contribution in [0.15, 0.2) is 18.2 Å². The molecule has 8 heteroatoms. The fourth-order valence-corrected chi connectivity index (χ4v) is 5.18. The third-order valence-electron chi connectivity index (χ3n) is 6.27. The fraction of sp³-hybridized carbons (Fsp3) is 0.478. The van der Waals surface area contributed by atoms with Crippen molar-refractivity contribution in [1.82, 2.24) is 14.8 Å². The molecule has 2 heterocycles. The zero-order valence-electron chi connectivity index (χ0n) is 18.2. The Kier molecular flexibility index (Phi) is 6.20. The molecule has 1 aliphatic carbocycles. The summed E-state index contributed by atoms with van der Waals surface area (Å²) in [7, 11) is 2.06. The number of thiazole rings is 1. The van der Waals surface area contributed by atoms with E-state index in [9.17, 15) is 14.4 Å². The van der Waals surface area contributed by atoms with Crippen LogP contribution in [0.3, 0.4) is 0 Å². The molecule has 1 aromatic heterocycles. The van der Waals surface area contributed by atoms with Crippen molar-refractivity contribution >= 4 is 34.1 Å². The van der Waals surface area contributed by atoms with Crippen molar-refractivity contribution in [2.45, 2.75) is 33.1 Å². The molecule has 0 spiro atoms. The van der Waals surface area contributed by atoms with E-state index in [1.165, 1.54) is 11.3 Å². The van der Waals surface area contributed by atoms with Gasteiger partial charge >= 0.3 is 0 Å². The molecule has 0 bridgehead atoms. The van der Waals surface area contributed by atoms with Gasteiger partial charge in [-0.1, -0.05) is 23.5 Å². The number of benzene rings is 1. The molecule has 1 N–H and O–H groups in total. The van der Waals surface area contributed by atoms with Crippen molar-refractivity contribution in [3.05, 3.63) is 45.5 Å². The SMILES string of the molecule is Cc1cccc(C(=O)Nc2nc3c(s2)C(=O)C[C@H](C(=O)N2CCCN(C)CC2)C3)c1C. The maximum absolute atomic E-state index is 13.1. The van der Waals surface area contributed by atoms with Crippen LogP contribution in [0, 0.1) is 19.8 Å². The van der Waals surface area contributed by atoms with Crippen molar-refractivity contribution in [2.24, 2.45) is 5.92 Å². The van der Waals surface area contributed by atoms with Crippen LogP contribution >= 0.6 is 11.3 Å². The van der Waals surface area contributed by atoms with E-state index in [-0.39, 0.29) is 29.9 Å². The maximum atomic E-state index is 13.1. The lowest BCUT2D eigenvalue weighted by molar-refractivity contribution is -0.135. The number of Topliss-reactive ketones (excluding diaryl/α,β-unsaturated/α-hetero) is 1. The summed E-state index contributed by atoms with van der Waals surface area (Å²) >= 11 is 1.21. The van der Waals surface area contributed by atoms with Gasteiger partial charge in [0.25, 0.3) is 5.91 Å². The van der Waals surface area contributed by atoms with E-state index in [4.69, 9.17) is 0 Å². The molecule has 2 amide bonds. The predicted molar refractivity (Wildman–Crippen MR) is 121 cm³/mol. The van der Waals surface area contributed by atoms with Crippen LogP contribution < -0.4 is 5.32 Å². The lowest BCUT2D eigenvalue weighted by Crippen LogP contribution is -2.41. The Morgan fingerprint density at radius 2 is 1.94 bits per heavy atom. The normalized spacial score (nSPS) is 19.6. The average molecular weight is 441 g/mol. The van der Waals surface area contributed by atoms with Gasteiger partial charge in [-0.15, -0.1) is 0 Å². The number of fused-ring (bicyclic) bond motifs is 1. The fourth-order valence-electron chi connectivity index (χ4n) is 4.24. The maximum Gasteiger partial charge on any atom is 0.257 e. The second-order valence-electron chi connectivity index (χ2n) is 8.51. The third kappa shape index (κ3) is 4.55. The molecule has 2 aromatic rings. The van der Waals surface area contributed by atoms with Crippen molar-refractivity contribution in [1.29, 1.82) is 0 Å². The first kappa shape index (κ1) is 21.6. The van der Waals surface area contributed by atoms with Gasteiger partial charge in [0.15, 0.2) is 10.9 Å². The predicted octanol–water partition coefficient (Wildman–Crippen LogP) is 2.92. The molecule has 4 rings (SSSR count). The van der Waals surface area contributed by atoms with Gasteiger partial charge in [-0.2, -0.15) is 0 Å². The number of carbonyl (C=O) groups excluding carboxylic acids is 3. The number of rotatable bonds is 3. The number of nitrogens with zero attached hydrogens (tertiary/aromatic N) is 3. The Hall–Kier alpha value is -2.58. The van der Waals surface area contributed by atoms with Gasteiger partial charge in [0, 0.05) is 38.0 Å². The van der Waals surface area contributed by atoms with Crippen LogP contribution in [0.1, 0.15) is 49.7 Å². The van der Waals surface area contributed by atoms with E-state index < -0.39 is 0 Å². The molecule has 1 fully saturated rings. The zero-order chi connectivity index (χ0) is 22.1. The summed E-state index contributed by atoms with van der Waals surface area (Å²) < 4.78 is 0.